The summed E-state index contributed by atoms with van der Waals surface area (Å²) in [5.41, 5.74) is 2.60. The van der Waals surface area contributed by atoms with Gasteiger partial charge in [0.2, 0.25) is 0 Å². The SMILES string of the molecule is O=C(O[C@@H]1c2cccc3cccc(c23)[C@@H]1OC(=O)c1ccccc1)c1ccccc1. The average molecular weight is 394 g/mol. The molecule has 0 aromatic heterocycles. The zero-order valence-electron chi connectivity index (χ0n) is 16.0. The van der Waals surface area contributed by atoms with Crippen LogP contribution in [-0.4, -0.2) is 11.9 Å². The van der Waals surface area contributed by atoms with Gasteiger partial charge in [0, 0.05) is 11.1 Å². The molecule has 0 radical (unpaired) electrons. The Balaban J connectivity index is 1.53. The first-order valence-corrected chi connectivity index (χ1v) is 9.76. The highest BCUT2D eigenvalue weighted by Gasteiger charge is 2.40. The van der Waals surface area contributed by atoms with Crippen molar-refractivity contribution in [3.05, 3.63) is 119 Å². The minimum Gasteiger partial charge on any atom is -0.449 e. The van der Waals surface area contributed by atoms with Crippen LogP contribution in [0.25, 0.3) is 10.8 Å². The molecule has 0 unspecified atom stereocenters. The molecule has 1 aliphatic carbocycles. The summed E-state index contributed by atoms with van der Waals surface area (Å²) in [6.45, 7) is 0. The molecule has 0 N–H and O–H groups in total. The maximum absolute atomic E-state index is 12.8. The third-order valence-corrected chi connectivity index (χ3v) is 5.34. The van der Waals surface area contributed by atoms with Gasteiger partial charge < -0.3 is 9.47 Å². The summed E-state index contributed by atoms with van der Waals surface area (Å²) < 4.78 is 11.8. The van der Waals surface area contributed by atoms with Crippen LogP contribution < -0.4 is 0 Å². The predicted octanol–water partition coefficient (Wildman–Crippen LogP) is 5.65. The van der Waals surface area contributed by atoms with Crippen molar-refractivity contribution in [1.29, 1.82) is 0 Å². The maximum Gasteiger partial charge on any atom is 0.338 e. The van der Waals surface area contributed by atoms with E-state index < -0.39 is 24.1 Å². The summed E-state index contributed by atoms with van der Waals surface area (Å²) in [7, 11) is 0. The Morgan fingerprint density at radius 3 is 1.40 bits per heavy atom. The van der Waals surface area contributed by atoms with Gasteiger partial charge in [-0.2, -0.15) is 0 Å². The Labute approximate surface area is 173 Å². The molecule has 4 aromatic rings. The average Bonchev–Trinajstić information content (AvgIpc) is 3.09. The molecule has 0 heterocycles. The van der Waals surface area contributed by atoms with Crippen LogP contribution in [0.5, 0.6) is 0 Å². The molecule has 4 aromatic carbocycles. The number of rotatable bonds is 4. The number of hydrogen-bond donors (Lipinski definition) is 0. The van der Waals surface area contributed by atoms with Crippen molar-refractivity contribution in [2.45, 2.75) is 12.2 Å². The van der Waals surface area contributed by atoms with Crippen molar-refractivity contribution in [1.82, 2.24) is 0 Å². The maximum atomic E-state index is 12.8. The minimum atomic E-state index is -0.716. The van der Waals surface area contributed by atoms with Crippen LogP contribution in [0.4, 0.5) is 0 Å². The van der Waals surface area contributed by atoms with Gasteiger partial charge in [0.1, 0.15) is 0 Å². The van der Waals surface area contributed by atoms with E-state index in [2.05, 4.69) is 0 Å². The number of carbonyl (C=O) groups is 2. The van der Waals surface area contributed by atoms with E-state index in [0.717, 1.165) is 21.9 Å². The molecule has 0 amide bonds. The molecule has 0 fully saturated rings. The fourth-order valence-corrected chi connectivity index (χ4v) is 3.97. The molecule has 0 bridgehead atoms. The van der Waals surface area contributed by atoms with Gasteiger partial charge in [-0.05, 0) is 35.0 Å². The van der Waals surface area contributed by atoms with Gasteiger partial charge >= 0.3 is 11.9 Å². The van der Waals surface area contributed by atoms with Crippen molar-refractivity contribution in [2.75, 3.05) is 0 Å². The van der Waals surface area contributed by atoms with Crippen molar-refractivity contribution in [2.24, 2.45) is 0 Å². The second-order valence-electron chi connectivity index (χ2n) is 7.18. The lowest BCUT2D eigenvalue weighted by Crippen LogP contribution is -2.20. The van der Waals surface area contributed by atoms with Crippen molar-refractivity contribution < 1.29 is 19.1 Å². The highest BCUT2D eigenvalue weighted by Crippen LogP contribution is 2.48. The lowest BCUT2D eigenvalue weighted by Gasteiger charge is -2.22. The van der Waals surface area contributed by atoms with E-state index in [1.54, 1.807) is 48.5 Å². The minimum absolute atomic E-state index is 0.453. The van der Waals surface area contributed by atoms with Gasteiger partial charge in [-0.15, -0.1) is 0 Å². The van der Waals surface area contributed by atoms with Crippen LogP contribution in [0.3, 0.4) is 0 Å². The smallest absolute Gasteiger partial charge is 0.338 e. The molecule has 0 saturated heterocycles. The summed E-state index contributed by atoms with van der Waals surface area (Å²) in [5, 5.41) is 1.99. The Morgan fingerprint density at radius 1 is 0.533 bits per heavy atom. The number of hydrogen-bond acceptors (Lipinski definition) is 4. The van der Waals surface area contributed by atoms with E-state index in [-0.39, 0.29) is 0 Å². The van der Waals surface area contributed by atoms with Gasteiger partial charge in [0.15, 0.2) is 12.2 Å². The predicted molar refractivity (Wildman–Crippen MR) is 113 cm³/mol. The fraction of sp³-hybridized carbons (Fsp3) is 0.0769. The Bertz CT molecular complexity index is 1140. The van der Waals surface area contributed by atoms with Crippen molar-refractivity contribution >= 4 is 22.7 Å². The van der Waals surface area contributed by atoms with Crippen LogP contribution in [0.1, 0.15) is 44.1 Å². The highest BCUT2D eigenvalue weighted by atomic mass is 16.6. The second-order valence-corrected chi connectivity index (χ2v) is 7.18. The monoisotopic (exact) mass is 394 g/mol. The molecule has 4 heteroatoms. The van der Waals surface area contributed by atoms with E-state index in [9.17, 15) is 9.59 Å². The molecule has 0 aliphatic heterocycles. The first-order valence-electron chi connectivity index (χ1n) is 9.76. The Hall–Kier alpha value is -3.92. The fourth-order valence-electron chi connectivity index (χ4n) is 3.97. The standard InChI is InChI=1S/C26H18O4/c27-25(18-9-3-1-4-10-18)29-23-20-15-7-13-17-14-8-16-21(22(17)20)24(23)30-26(28)19-11-5-2-6-12-19/h1-16,23-24H/t23-,24+. The lowest BCUT2D eigenvalue weighted by atomic mass is 10.1. The van der Waals surface area contributed by atoms with Crippen molar-refractivity contribution in [3.63, 3.8) is 0 Å². The Morgan fingerprint density at radius 2 is 0.967 bits per heavy atom. The van der Waals surface area contributed by atoms with Gasteiger partial charge in [-0.3, -0.25) is 0 Å². The van der Waals surface area contributed by atoms with Crippen LogP contribution in [0.15, 0.2) is 97.1 Å². The normalized spacial score (nSPS) is 16.9. The summed E-state index contributed by atoms with van der Waals surface area (Å²) in [5.74, 6) is -0.905. The number of carbonyl (C=O) groups excluding carboxylic acids is 2. The van der Waals surface area contributed by atoms with Gasteiger partial charge in [-0.1, -0.05) is 72.8 Å². The van der Waals surface area contributed by atoms with E-state index >= 15 is 0 Å². The number of benzene rings is 4. The van der Waals surface area contributed by atoms with E-state index in [1.807, 2.05) is 48.5 Å². The van der Waals surface area contributed by atoms with Gasteiger partial charge in [-0.25, -0.2) is 9.59 Å². The Kier molecular flexibility index (Phi) is 4.52. The van der Waals surface area contributed by atoms with E-state index in [1.165, 1.54) is 0 Å². The number of esters is 2. The van der Waals surface area contributed by atoms with Crippen LogP contribution >= 0.6 is 0 Å². The molecule has 0 spiro atoms. The molecular formula is C26H18O4. The third kappa shape index (κ3) is 3.12. The molecule has 146 valence electrons. The molecule has 1 aliphatic rings. The first-order chi connectivity index (χ1) is 14.7. The second kappa shape index (κ2) is 7.48. The van der Waals surface area contributed by atoms with Crippen molar-refractivity contribution in [3.8, 4) is 0 Å². The summed E-state index contributed by atoms with van der Waals surface area (Å²) in [6.07, 6.45) is -1.43. The molecule has 4 nitrogen and oxygen atoms in total. The molecular weight excluding hydrogens is 376 g/mol. The molecule has 0 saturated carbocycles. The van der Waals surface area contributed by atoms with Crippen LogP contribution in [0, 0.1) is 0 Å². The third-order valence-electron chi connectivity index (χ3n) is 5.34. The molecule has 5 rings (SSSR count). The molecule has 2 atom stereocenters. The summed E-state index contributed by atoms with van der Waals surface area (Å²) in [6, 6.07) is 29.3. The van der Waals surface area contributed by atoms with E-state index in [4.69, 9.17) is 9.47 Å². The largest absolute Gasteiger partial charge is 0.449 e. The quantitative estimate of drug-likeness (QED) is 0.420. The zero-order chi connectivity index (χ0) is 20.5. The van der Waals surface area contributed by atoms with Gasteiger partial charge in [0.25, 0.3) is 0 Å². The zero-order valence-corrected chi connectivity index (χ0v) is 16.0. The van der Waals surface area contributed by atoms with Crippen LogP contribution in [-0.2, 0) is 9.47 Å². The summed E-state index contributed by atoms with van der Waals surface area (Å²) >= 11 is 0. The highest BCUT2D eigenvalue weighted by molar-refractivity contribution is 5.95. The molecule has 30 heavy (non-hydrogen) atoms. The van der Waals surface area contributed by atoms with Crippen LogP contribution in [0.2, 0.25) is 0 Å². The van der Waals surface area contributed by atoms with E-state index in [0.29, 0.717) is 11.1 Å². The topological polar surface area (TPSA) is 52.6 Å². The lowest BCUT2D eigenvalue weighted by molar-refractivity contribution is -0.0345. The number of ether oxygens (including phenoxy) is 2. The first kappa shape index (κ1) is 18.1. The summed E-state index contributed by atoms with van der Waals surface area (Å²) in [4.78, 5) is 25.6. The van der Waals surface area contributed by atoms with Gasteiger partial charge in [0.05, 0.1) is 11.1 Å².